The minimum Gasteiger partial charge on any atom is -0.468 e. The molecule has 0 spiro atoms. The number of carbonyl (C=O) groups excluding carboxylic acids is 1. The van der Waals surface area contributed by atoms with E-state index in [1.54, 1.807) is 0 Å². The van der Waals surface area contributed by atoms with E-state index >= 15 is 0 Å². The Balaban J connectivity index is 2.83. The van der Waals surface area contributed by atoms with E-state index in [0.29, 0.717) is 5.92 Å². The first-order chi connectivity index (χ1) is 6.32. The predicted octanol–water partition coefficient (Wildman–Crippen LogP) is 2.07. The highest BCUT2D eigenvalue weighted by atomic mass is 28.3. The maximum Gasteiger partial charge on any atom is 0.324 e. The topological polar surface area (TPSA) is 26.3 Å². The van der Waals surface area contributed by atoms with Gasteiger partial charge in [0, 0.05) is 0 Å². The van der Waals surface area contributed by atoms with Gasteiger partial charge in [0.1, 0.15) is 13.5 Å². The van der Waals surface area contributed by atoms with E-state index in [1.807, 2.05) is 0 Å². The second-order valence-corrected chi connectivity index (χ2v) is 9.82. The van der Waals surface area contributed by atoms with Crippen molar-refractivity contribution in [2.24, 2.45) is 11.3 Å². The smallest absolute Gasteiger partial charge is 0.324 e. The maximum absolute atomic E-state index is 11.5. The van der Waals surface area contributed by atoms with Crippen LogP contribution in [0.5, 0.6) is 0 Å². The lowest BCUT2D eigenvalue weighted by molar-refractivity contribution is -0.145. The summed E-state index contributed by atoms with van der Waals surface area (Å²) in [7, 11) is 0.0517. The standard InChI is InChI=1S/C11H18O2Si/c1-9-8-11(9,10(12)13-2)6-7-14(3,4)5/h9H,8H2,1-5H3. The molecule has 0 saturated heterocycles. The van der Waals surface area contributed by atoms with E-state index in [1.165, 1.54) is 7.11 Å². The van der Waals surface area contributed by atoms with Gasteiger partial charge in [0.05, 0.1) is 7.11 Å². The van der Waals surface area contributed by atoms with Crippen LogP contribution in [0.2, 0.25) is 19.6 Å². The van der Waals surface area contributed by atoms with Crippen molar-refractivity contribution in [1.29, 1.82) is 0 Å². The molecule has 78 valence electrons. The SMILES string of the molecule is COC(=O)C1(C#C[Si](C)(C)C)CC1C. The van der Waals surface area contributed by atoms with Crippen LogP contribution in [0, 0.1) is 22.8 Å². The average molecular weight is 210 g/mol. The van der Waals surface area contributed by atoms with Crippen molar-refractivity contribution in [2.45, 2.75) is 33.0 Å². The first kappa shape index (κ1) is 11.3. The molecular weight excluding hydrogens is 192 g/mol. The molecule has 1 saturated carbocycles. The molecule has 1 fully saturated rings. The second kappa shape index (κ2) is 3.43. The van der Waals surface area contributed by atoms with E-state index in [9.17, 15) is 4.79 Å². The van der Waals surface area contributed by atoms with Gasteiger partial charge in [-0.25, -0.2) is 0 Å². The average Bonchev–Trinajstić information content (AvgIpc) is 2.72. The molecule has 0 aliphatic heterocycles. The minimum absolute atomic E-state index is 0.157. The number of hydrogen-bond donors (Lipinski definition) is 0. The number of ether oxygens (including phenoxy) is 1. The molecule has 0 heterocycles. The number of rotatable bonds is 1. The summed E-state index contributed by atoms with van der Waals surface area (Å²) >= 11 is 0. The quantitative estimate of drug-likeness (QED) is 0.376. The predicted molar refractivity (Wildman–Crippen MR) is 59.4 cm³/mol. The molecule has 0 aromatic heterocycles. The summed E-state index contributed by atoms with van der Waals surface area (Å²) in [5, 5.41) is 0. The van der Waals surface area contributed by atoms with Gasteiger partial charge < -0.3 is 4.74 Å². The summed E-state index contributed by atoms with van der Waals surface area (Å²) in [4.78, 5) is 11.5. The highest BCUT2D eigenvalue weighted by Crippen LogP contribution is 2.52. The van der Waals surface area contributed by atoms with Crippen LogP contribution < -0.4 is 0 Å². The zero-order valence-corrected chi connectivity index (χ0v) is 10.6. The third kappa shape index (κ3) is 2.19. The van der Waals surface area contributed by atoms with E-state index in [0.717, 1.165) is 6.42 Å². The summed E-state index contributed by atoms with van der Waals surface area (Å²) in [6.45, 7) is 8.59. The van der Waals surface area contributed by atoms with Crippen LogP contribution in [0.1, 0.15) is 13.3 Å². The highest BCUT2D eigenvalue weighted by Gasteiger charge is 2.57. The van der Waals surface area contributed by atoms with Crippen molar-refractivity contribution in [3.63, 3.8) is 0 Å². The molecule has 0 bridgehead atoms. The Labute approximate surface area is 87.0 Å². The fourth-order valence-corrected chi connectivity index (χ4v) is 2.01. The van der Waals surface area contributed by atoms with Crippen LogP contribution in [0.25, 0.3) is 0 Å². The molecule has 3 heteroatoms. The number of carbonyl (C=O) groups is 1. The van der Waals surface area contributed by atoms with Crippen LogP contribution in [-0.4, -0.2) is 21.2 Å². The first-order valence-electron chi connectivity index (χ1n) is 4.94. The van der Waals surface area contributed by atoms with E-state index < -0.39 is 13.5 Å². The molecule has 2 unspecified atom stereocenters. The number of esters is 1. The lowest BCUT2D eigenvalue weighted by Crippen LogP contribution is -2.21. The minimum atomic E-state index is -1.38. The van der Waals surface area contributed by atoms with Crippen molar-refractivity contribution in [3.05, 3.63) is 0 Å². The summed E-state index contributed by atoms with van der Waals surface area (Å²) in [6, 6.07) is 0. The Morgan fingerprint density at radius 2 is 2.00 bits per heavy atom. The second-order valence-electron chi connectivity index (χ2n) is 5.07. The molecule has 2 nitrogen and oxygen atoms in total. The van der Waals surface area contributed by atoms with Gasteiger partial charge in [-0.3, -0.25) is 4.79 Å². The Morgan fingerprint density at radius 3 is 2.29 bits per heavy atom. The summed E-state index contributed by atoms with van der Waals surface area (Å²) in [5.74, 6) is 3.35. The summed E-state index contributed by atoms with van der Waals surface area (Å²) in [6.07, 6.45) is 0.858. The number of methoxy groups -OCH3 is 1. The van der Waals surface area contributed by atoms with E-state index in [4.69, 9.17) is 4.74 Å². The first-order valence-corrected chi connectivity index (χ1v) is 8.44. The van der Waals surface area contributed by atoms with Gasteiger partial charge in [-0.15, -0.1) is 5.54 Å². The zero-order chi connectivity index (χ0) is 11.0. The fraction of sp³-hybridized carbons (Fsp3) is 0.727. The molecule has 0 aromatic carbocycles. The van der Waals surface area contributed by atoms with Gasteiger partial charge in [-0.2, -0.15) is 0 Å². The molecule has 2 atom stereocenters. The van der Waals surface area contributed by atoms with Gasteiger partial charge in [-0.1, -0.05) is 32.5 Å². The summed E-state index contributed by atoms with van der Waals surface area (Å²) < 4.78 is 4.79. The fourth-order valence-electron chi connectivity index (χ4n) is 1.41. The molecule has 0 aromatic rings. The molecule has 14 heavy (non-hydrogen) atoms. The molecule has 1 rings (SSSR count). The van der Waals surface area contributed by atoms with Crippen LogP contribution in [-0.2, 0) is 9.53 Å². The van der Waals surface area contributed by atoms with Crippen molar-refractivity contribution in [3.8, 4) is 11.5 Å². The largest absolute Gasteiger partial charge is 0.468 e. The van der Waals surface area contributed by atoms with Crippen LogP contribution >= 0.6 is 0 Å². The van der Waals surface area contributed by atoms with Crippen molar-refractivity contribution in [2.75, 3.05) is 7.11 Å². The monoisotopic (exact) mass is 210 g/mol. The third-order valence-corrected chi connectivity index (χ3v) is 3.39. The van der Waals surface area contributed by atoms with Gasteiger partial charge in [0.2, 0.25) is 0 Å². The van der Waals surface area contributed by atoms with E-state index in [-0.39, 0.29) is 5.97 Å². The van der Waals surface area contributed by atoms with Crippen molar-refractivity contribution in [1.82, 2.24) is 0 Å². The van der Waals surface area contributed by atoms with Gasteiger partial charge in [0.25, 0.3) is 0 Å². The molecule has 1 aliphatic carbocycles. The zero-order valence-electron chi connectivity index (χ0n) is 9.60. The van der Waals surface area contributed by atoms with E-state index in [2.05, 4.69) is 38.0 Å². The van der Waals surface area contributed by atoms with Crippen molar-refractivity contribution >= 4 is 14.0 Å². The Bertz CT molecular complexity index is 305. The Hall–Kier alpha value is -0.753. The van der Waals surface area contributed by atoms with Crippen molar-refractivity contribution < 1.29 is 9.53 Å². The van der Waals surface area contributed by atoms with Gasteiger partial charge in [-0.05, 0) is 12.3 Å². The normalized spacial score (nSPS) is 30.2. The Kier molecular flexibility index (Phi) is 2.78. The molecular formula is C11H18O2Si. The lowest BCUT2D eigenvalue weighted by Gasteiger charge is -2.08. The summed E-state index contributed by atoms with van der Waals surface area (Å²) in [5.41, 5.74) is 2.80. The molecule has 0 amide bonds. The molecule has 0 N–H and O–H groups in total. The van der Waals surface area contributed by atoms with Crippen LogP contribution in [0.15, 0.2) is 0 Å². The van der Waals surface area contributed by atoms with Gasteiger partial charge in [0.15, 0.2) is 0 Å². The van der Waals surface area contributed by atoms with Crippen LogP contribution in [0.3, 0.4) is 0 Å². The molecule has 1 aliphatic rings. The molecule has 0 radical (unpaired) electrons. The highest BCUT2D eigenvalue weighted by molar-refractivity contribution is 6.83. The number of hydrogen-bond acceptors (Lipinski definition) is 2. The maximum atomic E-state index is 11.5. The van der Waals surface area contributed by atoms with Crippen LogP contribution in [0.4, 0.5) is 0 Å². The Morgan fingerprint density at radius 1 is 1.50 bits per heavy atom. The van der Waals surface area contributed by atoms with Gasteiger partial charge >= 0.3 is 5.97 Å². The lowest BCUT2D eigenvalue weighted by atomic mass is 10.1. The third-order valence-electron chi connectivity index (χ3n) is 2.52.